The Kier molecular flexibility index (Phi) is 34.1. The second-order valence-corrected chi connectivity index (χ2v) is 4.83. The molecule has 0 aliphatic rings. The first-order valence-corrected chi connectivity index (χ1v) is 6.75. The van der Waals surface area contributed by atoms with Crippen molar-refractivity contribution in [3.63, 3.8) is 0 Å². The van der Waals surface area contributed by atoms with Crippen molar-refractivity contribution in [2.45, 2.75) is 67.6 Å². The fourth-order valence-electron chi connectivity index (χ4n) is 0.572. The third-order valence-corrected chi connectivity index (χ3v) is 0.813. The van der Waals surface area contributed by atoms with Crippen molar-refractivity contribution >= 4 is 11.6 Å². The maximum Gasteiger partial charge on any atom is 4.00 e. The topological polar surface area (TPSA) is 126 Å². The molecule has 0 aromatic rings. The maximum atomic E-state index is 9.98. The average Bonchev–Trinajstić information content (AvgIpc) is 2.10. The summed E-state index contributed by atoms with van der Waals surface area (Å²) in [7, 11) is 0. The molecule has 0 aromatic heterocycles. The number of hydrogen-bond donors (Lipinski definition) is 0. The molecule has 0 rings (SSSR count). The van der Waals surface area contributed by atoms with Gasteiger partial charge in [-0.2, -0.15) is 0 Å². The van der Waals surface area contributed by atoms with Gasteiger partial charge in [-0.05, 0) is 26.0 Å². The maximum absolute atomic E-state index is 9.98. The molecule has 0 unspecified atom stereocenters. The Balaban J connectivity index is -0.0000000639. The predicted molar refractivity (Wildman–Crippen MR) is 79.1 cm³/mol. The van der Waals surface area contributed by atoms with Crippen LogP contribution in [0.25, 0.3) is 0 Å². The van der Waals surface area contributed by atoms with Gasteiger partial charge in [0.2, 0.25) is 0 Å². The molecule has 0 fully saturated rings. The fourth-order valence-corrected chi connectivity index (χ4v) is 0.572. The van der Waals surface area contributed by atoms with Crippen LogP contribution in [-0.4, -0.2) is 23.8 Å². The van der Waals surface area contributed by atoms with Crippen molar-refractivity contribution in [3.8, 4) is 0 Å². The SMILES string of the molecule is CC(=O)/C=C(\C)[O-].CC(=O)/C=C(\C)[O-].CC(C)[O-].CC(C)[O-].[Ti+4]. The van der Waals surface area contributed by atoms with Crippen molar-refractivity contribution in [1.29, 1.82) is 0 Å². The van der Waals surface area contributed by atoms with E-state index < -0.39 is 12.2 Å². The molecule has 0 amide bonds. The van der Waals surface area contributed by atoms with Gasteiger partial charge in [0.1, 0.15) is 0 Å². The number of carbonyl (C=O) groups excluding carboxylic acids is 2. The summed E-state index contributed by atoms with van der Waals surface area (Å²) in [5, 5.41) is 39.0. The first kappa shape index (κ1) is 33.6. The molecule has 6 nitrogen and oxygen atoms in total. The van der Waals surface area contributed by atoms with Crippen LogP contribution in [0.3, 0.4) is 0 Å². The molecule has 0 bridgehead atoms. The van der Waals surface area contributed by atoms with Gasteiger partial charge in [-0.3, -0.25) is 9.59 Å². The Morgan fingerprint density at radius 2 is 0.826 bits per heavy atom. The van der Waals surface area contributed by atoms with Crippen molar-refractivity contribution in [1.82, 2.24) is 0 Å². The Morgan fingerprint density at radius 3 is 0.826 bits per heavy atom. The van der Waals surface area contributed by atoms with Gasteiger partial charge in [0.15, 0.2) is 11.6 Å². The zero-order valence-electron chi connectivity index (χ0n) is 15.3. The van der Waals surface area contributed by atoms with E-state index in [-0.39, 0.29) is 44.8 Å². The normalized spacial score (nSPS) is 10.1. The molecule has 132 valence electrons. The molecule has 0 heterocycles. The van der Waals surface area contributed by atoms with Crippen molar-refractivity contribution in [3.05, 3.63) is 23.7 Å². The molecule has 0 aliphatic carbocycles. The van der Waals surface area contributed by atoms with E-state index in [1.807, 2.05) is 0 Å². The third-order valence-electron chi connectivity index (χ3n) is 0.813. The van der Waals surface area contributed by atoms with Crippen LogP contribution in [0.4, 0.5) is 0 Å². The van der Waals surface area contributed by atoms with Crippen LogP contribution in [0.2, 0.25) is 0 Å². The van der Waals surface area contributed by atoms with Crippen molar-refractivity contribution in [2.75, 3.05) is 0 Å². The number of ketones is 2. The molecule has 0 atom stereocenters. The Morgan fingerprint density at radius 1 is 0.696 bits per heavy atom. The summed E-state index contributed by atoms with van der Waals surface area (Å²) in [4.78, 5) is 20.0. The molecule has 7 heteroatoms. The molecule has 0 spiro atoms. The van der Waals surface area contributed by atoms with Gasteiger partial charge < -0.3 is 20.4 Å². The smallest absolute Gasteiger partial charge is 0.876 e. The molecule has 23 heavy (non-hydrogen) atoms. The molecule has 0 saturated heterocycles. The summed E-state index contributed by atoms with van der Waals surface area (Å²) in [6.45, 7) is 11.8. The van der Waals surface area contributed by atoms with E-state index in [2.05, 4.69) is 0 Å². The first-order valence-electron chi connectivity index (χ1n) is 6.75. The van der Waals surface area contributed by atoms with E-state index >= 15 is 0 Å². The quantitative estimate of drug-likeness (QED) is 0.358. The molecule has 0 aromatic carbocycles. The van der Waals surface area contributed by atoms with E-state index in [1.54, 1.807) is 27.7 Å². The number of allylic oxidation sites excluding steroid dienone is 4. The largest absolute Gasteiger partial charge is 4.00 e. The van der Waals surface area contributed by atoms with E-state index in [9.17, 15) is 30.0 Å². The van der Waals surface area contributed by atoms with Crippen LogP contribution in [0.1, 0.15) is 55.4 Å². The van der Waals surface area contributed by atoms with E-state index in [1.165, 1.54) is 27.7 Å². The Hall–Kier alpha value is -0.946. The number of carbonyl (C=O) groups is 2. The van der Waals surface area contributed by atoms with Gasteiger partial charge in [0, 0.05) is 0 Å². The Bertz CT molecular complexity index is 299. The molecule has 0 N–H and O–H groups in total. The zero-order chi connectivity index (χ0) is 18.9. The van der Waals surface area contributed by atoms with Crippen molar-refractivity contribution < 1.29 is 51.7 Å². The second-order valence-electron chi connectivity index (χ2n) is 4.83. The third kappa shape index (κ3) is 154. The van der Waals surface area contributed by atoms with Gasteiger partial charge in [-0.25, -0.2) is 0 Å². The van der Waals surface area contributed by atoms with Gasteiger partial charge in [-0.15, -0.1) is 23.7 Å². The average molecular weight is 364 g/mol. The summed E-state index contributed by atoms with van der Waals surface area (Å²) in [6.07, 6.45) is 1.28. The molecule has 0 saturated carbocycles. The predicted octanol–water partition coefficient (Wildman–Crippen LogP) is -0.813. The van der Waals surface area contributed by atoms with Gasteiger partial charge in [0.25, 0.3) is 0 Å². The van der Waals surface area contributed by atoms with E-state index in [4.69, 9.17) is 0 Å². The zero-order valence-corrected chi connectivity index (χ0v) is 16.8. The first-order chi connectivity index (χ1) is 9.72. The van der Waals surface area contributed by atoms with Crippen LogP contribution in [-0.2, 0) is 31.3 Å². The van der Waals surface area contributed by atoms with Gasteiger partial charge in [0.05, 0.1) is 0 Å². The molecule has 0 radical (unpaired) electrons. The van der Waals surface area contributed by atoms with Crippen LogP contribution >= 0.6 is 0 Å². The summed E-state index contributed by atoms with van der Waals surface area (Å²) >= 11 is 0. The minimum atomic E-state index is -0.417. The van der Waals surface area contributed by atoms with E-state index in [0.29, 0.717) is 0 Å². The van der Waals surface area contributed by atoms with E-state index in [0.717, 1.165) is 12.2 Å². The minimum absolute atomic E-state index is 0. The summed E-state index contributed by atoms with van der Waals surface area (Å²) in [6, 6.07) is 0. The van der Waals surface area contributed by atoms with Crippen LogP contribution in [0.15, 0.2) is 23.7 Å². The van der Waals surface area contributed by atoms with Gasteiger partial charge in [-0.1, -0.05) is 41.5 Å². The van der Waals surface area contributed by atoms with Crippen LogP contribution < -0.4 is 20.4 Å². The van der Waals surface area contributed by atoms with Crippen LogP contribution in [0, 0.1) is 0 Å². The van der Waals surface area contributed by atoms with Crippen LogP contribution in [0.5, 0.6) is 0 Å². The second kappa shape index (κ2) is 23.3. The summed E-state index contributed by atoms with van der Waals surface area (Å²) in [5.41, 5.74) is 0. The molecule has 0 aliphatic heterocycles. The number of hydrogen-bond acceptors (Lipinski definition) is 6. The number of rotatable bonds is 2. The Labute approximate surface area is 154 Å². The molecular weight excluding hydrogens is 336 g/mol. The van der Waals surface area contributed by atoms with Gasteiger partial charge >= 0.3 is 21.7 Å². The minimum Gasteiger partial charge on any atom is -0.876 e. The fraction of sp³-hybridized carbons (Fsp3) is 0.625. The molecular formula is C16H28O6Ti. The summed E-state index contributed by atoms with van der Waals surface area (Å²) in [5.74, 6) is -0.750. The summed E-state index contributed by atoms with van der Waals surface area (Å²) < 4.78 is 0. The van der Waals surface area contributed by atoms with Crippen molar-refractivity contribution in [2.24, 2.45) is 0 Å². The standard InChI is InChI=1S/2C5H8O2.2C3H7O.Ti/c2*1-4(6)3-5(2)7;2*1-3(2)4;/h2*3,6H,1-2H3;2*3H,1-2H3;/q;;2*-1;+4/p-2/b2*4-3+;;;. The monoisotopic (exact) mass is 364 g/mol.